The number of amides is 1. The lowest BCUT2D eigenvalue weighted by Gasteiger charge is -2.04. The second-order valence-electron chi connectivity index (χ2n) is 3.13. The van der Waals surface area contributed by atoms with Crippen LogP contribution >= 0.6 is 11.8 Å². The summed E-state index contributed by atoms with van der Waals surface area (Å²) in [5.74, 6) is 1.73. The summed E-state index contributed by atoms with van der Waals surface area (Å²) >= 11 is 1.72. The van der Waals surface area contributed by atoms with E-state index in [-0.39, 0.29) is 19.1 Å². The first-order valence-electron chi connectivity index (χ1n) is 5.10. The minimum atomic E-state index is -0.0618. The number of rotatable bonds is 8. The Morgan fingerprint density at radius 2 is 2.38 bits per heavy atom. The lowest BCUT2D eigenvalue weighted by Crippen LogP contribution is -2.29. The molecule has 1 amide bonds. The summed E-state index contributed by atoms with van der Waals surface area (Å²) in [6.07, 6.45) is 3.71. The second-order valence-corrected chi connectivity index (χ2v) is 4.36. The standard InChI is InChI=1S/C9H16N4O2S/c14-3-1-4-16-5-2-11-9(15)6-13-8-10-7-12-13/h7-8,14H,1-6H2,(H,11,15). The molecule has 0 aliphatic heterocycles. The van der Waals surface area contributed by atoms with E-state index in [0.717, 1.165) is 17.9 Å². The van der Waals surface area contributed by atoms with E-state index in [4.69, 9.17) is 5.11 Å². The molecule has 0 fully saturated rings. The van der Waals surface area contributed by atoms with E-state index in [1.807, 2.05) is 0 Å². The van der Waals surface area contributed by atoms with Crippen LogP contribution in [0.5, 0.6) is 0 Å². The zero-order valence-electron chi connectivity index (χ0n) is 9.00. The highest BCUT2D eigenvalue weighted by molar-refractivity contribution is 7.99. The Kier molecular flexibility index (Phi) is 6.59. The van der Waals surface area contributed by atoms with E-state index in [1.165, 1.54) is 17.3 Å². The third kappa shape index (κ3) is 5.72. The van der Waals surface area contributed by atoms with Gasteiger partial charge in [0.15, 0.2) is 0 Å². The molecule has 0 aliphatic rings. The number of nitrogens with zero attached hydrogens (tertiary/aromatic N) is 3. The molecule has 0 aromatic carbocycles. The number of hydrogen-bond donors (Lipinski definition) is 2. The van der Waals surface area contributed by atoms with Crippen molar-refractivity contribution in [1.82, 2.24) is 20.1 Å². The summed E-state index contributed by atoms with van der Waals surface area (Å²) < 4.78 is 1.48. The summed E-state index contributed by atoms with van der Waals surface area (Å²) in [6, 6.07) is 0. The van der Waals surface area contributed by atoms with Crippen LogP contribution in [-0.4, -0.2) is 50.4 Å². The van der Waals surface area contributed by atoms with Gasteiger partial charge in [-0.05, 0) is 12.2 Å². The van der Waals surface area contributed by atoms with Crippen LogP contribution in [0.15, 0.2) is 12.7 Å². The van der Waals surface area contributed by atoms with E-state index in [9.17, 15) is 4.79 Å². The average molecular weight is 244 g/mol. The summed E-state index contributed by atoms with van der Waals surface area (Å²) in [6.45, 7) is 1.08. The van der Waals surface area contributed by atoms with Gasteiger partial charge < -0.3 is 10.4 Å². The lowest BCUT2D eigenvalue weighted by molar-refractivity contribution is -0.121. The Morgan fingerprint density at radius 1 is 1.50 bits per heavy atom. The first-order chi connectivity index (χ1) is 7.83. The summed E-state index contributed by atoms with van der Waals surface area (Å²) in [5.41, 5.74) is 0. The molecule has 90 valence electrons. The zero-order valence-corrected chi connectivity index (χ0v) is 9.82. The van der Waals surface area contributed by atoms with Gasteiger partial charge in [0.1, 0.15) is 19.2 Å². The summed E-state index contributed by atoms with van der Waals surface area (Å²) in [7, 11) is 0. The molecule has 1 rings (SSSR count). The second kappa shape index (κ2) is 8.12. The predicted molar refractivity (Wildman–Crippen MR) is 62.1 cm³/mol. The number of aliphatic hydroxyl groups excluding tert-OH is 1. The van der Waals surface area contributed by atoms with Crippen LogP contribution in [0.4, 0.5) is 0 Å². The molecule has 0 saturated heterocycles. The van der Waals surface area contributed by atoms with Crippen molar-refractivity contribution in [3.8, 4) is 0 Å². The van der Waals surface area contributed by atoms with Gasteiger partial charge in [0.2, 0.25) is 5.91 Å². The van der Waals surface area contributed by atoms with Crippen molar-refractivity contribution in [2.75, 3.05) is 24.7 Å². The van der Waals surface area contributed by atoms with Gasteiger partial charge in [-0.2, -0.15) is 16.9 Å². The highest BCUT2D eigenvalue weighted by Gasteiger charge is 2.01. The maximum atomic E-state index is 11.4. The predicted octanol–water partition coefficient (Wildman–Crippen LogP) is -0.490. The molecule has 0 atom stereocenters. The van der Waals surface area contributed by atoms with E-state index in [0.29, 0.717) is 6.54 Å². The van der Waals surface area contributed by atoms with E-state index in [2.05, 4.69) is 15.4 Å². The van der Waals surface area contributed by atoms with Crippen LogP contribution in [-0.2, 0) is 11.3 Å². The Bertz CT molecular complexity index is 292. The van der Waals surface area contributed by atoms with Gasteiger partial charge >= 0.3 is 0 Å². The molecule has 1 aromatic heterocycles. The molecule has 1 heterocycles. The van der Waals surface area contributed by atoms with Crippen LogP contribution < -0.4 is 5.32 Å². The number of hydrogen-bond acceptors (Lipinski definition) is 5. The molecule has 2 N–H and O–H groups in total. The van der Waals surface area contributed by atoms with Gasteiger partial charge in [-0.25, -0.2) is 9.67 Å². The molecular weight excluding hydrogens is 228 g/mol. The smallest absolute Gasteiger partial charge is 0.241 e. The monoisotopic (exact) mass is 244 g/mol. The molecule has 0 bridgehead atoms. The van der Waals surface area contributed by atoms with Gasteiger partial charge in [0.05, 0.1) is 0 Å². The minimum absolute atomic E-state index is 0.0618. The third-order valence-electron chi connectivity index (χ3n) is 1.79. The van der Waals surface area contributed by atoms with E-state index < -0.39 is 0 Å². The molecule has 0 spiro atoms. The fourth-order valence-electron chi connectivity index (χ4n) is 1.05. The van der Waals surface area contributed by atoms with Crippen LogP contribution in [0.2, 0.25) is 0 Å². The van der Waals surface area contributed by atoms with Crippen molar-refractivity contribution in [2.24, 2.45) is 0 Å². The Balaban J connectivity index is 1.98. The van der Waals surface area contributed by atoms with Crippen molar-refractivity contribution in [2.45, 2.75) is 13.0 Å². The molecule has 0 saturated carbocycles. The summed E-state index contributed by atoms with van der Waals surface area (Å²) in [4.78, 5) is 15.1. The molecule has 0 aliphatic carbocycles. The first kappa shape index (κ1) is 13.0. The SMILES string of the molecule is O=C(Cn1cncn1)NCCSCCCO. The fourth-order valence-corrected chi connectivity index (χ4v) is 1.83. The van der Waals surface area contributed by atoms with E-state index >= 15 is 0 Å². The van der Waals surface area contributed by atoms with E-state index in [1.54, 1.807) is 11.8 Å². The van der Waals surface area contributed by atoms with Crippen LogP contribution in [0.1, 0.15) is 6.42 Å². The van der Waals surface area contributed by atoms with Crippen molar-refractivity contribution in [3.05, 3.63) is 12.7 Å². The quantitative estimate of drug-likeness (QED) is 0.603. The molecule has 0 radical (unpaired) electrons. The number of carbonyl (C=O) groups is 1. The number of aliphatic hydroxyl groups is 1. The Morgan fingerprint density at radius 3 is 3.06 bits per heavy atom. The number of thioether (sulfide) groups is 1. The van der Waals surface area contributed by atoms with Crippen LogP contribution in [0.25, 0.3) is 0 Å². The largest absolute Gasteiger partial charge is 0.396 e. The molecule has 1 aromatic rings. The molecule has 0 unspecified atom stereocenters. The van der Waals surface area contributed by atoms with Crippen molar-refractivity contribution >= 4 is 17.7 Å². The number of carbonyl (C=O) groups excluding carboxylic acids is 1. The molecule has 7 heteroatoms. The van der Waals surface area contributed by atoms with Crippen molar-refractivity contribution in [3.63, 3.8) is 0 Å². The zero-order chi connectivity index (χ0) is 11.6. The molecule has 6 nitrogen and oxygen atoms in total. The average Bonchev–Trinajstić information content (AvgIpc) is 2.76. The third-order valence-corrected chi connectivity index (χ3v) is 2.86. The Labute approximate surface area is 98.4 Å². The normalized spacial score (nSPS) is 10.3. The molecular formula is C9H16N4O2S. The van der Waals surface area contributed by atoms with Gasteiger partial charge in [-0.3, -0.25) is 4.79 Å². The minimum Gasteiger partial charge on any atom is -0.396 e. The fraction of sp³-hybridized carbons (Fsp3) is 0.667. The van der Waals surface area contributed by atoms with Crippen LogP contribution in [0, 0.1) is 0 Å². The van der Waals surface area contributed by atoms with Crippen molar-refractivity contribution in [1.29, 1.82) is 0 Å². The highest BCUT2D eigenvalue weighted by Crippen LogP contribution is 1.99. The van der Waals surface area contributed by atoms with Gasteiger partial charge in [-0.15, -0.1) is 0 Å². The van der Waals surface area contributed by atoms with Crippen LogP contribution in [0.3, 0.4) is 0 Å². The molecule has 16 heavy (non-hydrogen) atoms. The van der Waals surface area contributed by atoms with Gasteiger partial charge in [-0.1, -0.05) is 0 Å². The summed E-state index contributed by atoms with van der Waals surface area (Å²) in [5, 5.41) is 15.2. The van der Waals surface area contributed by atoms with Crippen molar-refractivity contribution < 1.29 is 9.90 Å². The number of nitrogens with one attached hydrogen (secondary N) is 1. The maximum Gasteiger partial charge on any atom is 0.241 e. The first-order valence-corrected chi connectivity index (χ1v) is 6.26. The Hall–Kier alpha value is -1.08. The lowest BCUT2D eigenvalue weighted by atomic mass is 10.5. The number of aromatic nitrogens is 3. The van der Waals surface area contributed by atoms with Gasteiger partial charge in [0, 0.05) is 18.9 Å². The van der Waals surface area contributed by atoms with Gasteiger partial charge in [0.25, 0.3) is 0 Å². The maximum absolute atomic E-state index is 11.4. The topological polar surface area (TPSA) is 80.0 Å². The highest BCUT2D eigenvalue weighted by atomic mass is 32.2.